The number of hydrogen-bond donors (Lipinski definition) is 3. The highest BCUT2D eigenvalue weighted by Crippen LogP contribution is 2.01. The molecular weight excluding hydrogens is 284 g/mol. The molecule has 0 spiro atoms. The van der Waals surface area contributed by atoms with E-state index in [4.69, 9.17) is 9.84 Å². The summed E-state index contributed by atoms with van der Waals surface area (Å²) in [6.45, 7) is 4.40. The minimum Gasteiger partial charge on any atom is -0.480 e. The first-order chi connectivity index (χ1) is 10.5. The van der Waals surface area contributed by atoms with Crippen LogP contribution < -0.4 is 10.6 Å². The first kappa shape index (κ1) is 18.0. The minimum absolute atomic E-state index is 0.102. The van der Waals surface area contributed by atoms with E-state index in [9.17, 15) is 9.59 Å². The molecule has 0 heterocycles. The van der Waals surface area contributed by atoms with Crippen molar-refractivity contribution >= 4 is 12.1 Å². The van der Waals surface area contributed by atoms with Gasteiger partial charge in [-0.25, -0.2) is 4.79 Å². The highest BCUT2D eigenvalue weighted by molar-refractivity contribution is 5.73. The number of carboxylic acid groups (broad SMARTS) is 1. The van der Waals surface area contributed by atoms with Gasteiger partial charge in [0, 0.05) is 12.6 Å². The Morgan fingerprint density at radius 1 is 1.23 bits per heavy atom. The first-order valence-corrected chi connectivity index (χ1v) is 7.42. The van der Waals surface area contributed by atoms with Gasteiger partial charge in [0.2, 0.25) is 0 Å². The number of hydrogen-bond acceptors (Lipinski definition) is 4. The minimum atomic E-state index is -0.875. The third kappa shape index (κ3) is 7.64. The van der Waals surface area contributed by atoms with E-state index in [2.05, 4.69) is 10.6 Å². The summed E-state index contributed by atoms with van der Waals surface area (Å²) < 4.78 is 5.07. The maximum absolute atomic E-state index is 11.5. The van der Waals surface area contributed by atoms with E-state index in [1.165, 1.54) is 0 Å². The van der Waals surface area contributed by atoms with Crippen molar-refractivity contribution in [1.29, 1.82) is 0 Å². The number of amides is 1. The van der Waals surface area contributed by atoms with Crippen LogP contribution in [0.3, 0.4) is 0 Å². The van der Waals surface area contributed by atoms with Crippen LogP contribution in [0.2, 0.25) is 0 Å². The number of carboxylic acids is 1. The van der Waals surface area contributed by atoms with E-state index >= 15 is 0 Å². The molecule has 0 aromatic heterocycles. The molecule has 1 amide bonds. The molecule has 1 aromatic carbocycles. The Morgan fingerprint density at radius 2 is 1.91 bits per heavy atom. The SMILES string of the molecule is CC(C)NC(CCCNC(=O)OCc1ccccc1)C(=O)O. The van der Waals surface area contributed by atoms with Gasteiger partial charge in [-0.15, -0.1) is 0 Å². The van der Waals surface area contributed by atoms with Crippen LogP contribution in [0.1, 0.15) is 32.3 Å². The lowest BCUT2D eigenvalue weighted by Gasteiger charge is -2.17. The largest absolute Gasteiger partial charge is 0.480 e. The van der Waals surface area contributed by atoms with E-state index in [1.807, 2.05) is 44.2 Å². The Balaban J connectivity index is 2.17. The number of aliphatic carboxylic acids is 1. The fourth-order valence-electron chi connectivity index (χ4n) is 1.95. The standard InChI is InChI=1S/C16H24N2O4/c1-12(2)18-14(15(19)20)9-6-10-17-16(21)22-11-13-7-4-3-5-8-13/h3-5,7-8,12,14,18H,6,9-11H2,1-2H3,(H,17,21)(H,19,20). The van der Waals surface area contributed by atoms with E-state index in [0.717, 1.165) is 5.56 Å². The maximum Gasteiger partial charge on any atom is 0.407 e. The highest BCUT2D eigenvalue weighted by atomic mass is 16.5. The predicted octanol–water partition coefficient (Wildman–Crippen LogP) is 2.14. The molecular formula is C16H24N2O4. The summed E-state index contributed by atoms with van der Waals surface area (Å²) in [4.78, 5) is 22.6. The molecule has 0 radical (unpaired) electrons. The zero-order valence-electron chi connectivity index (χ0n) is 13.0. The molecule has 0 saturated heterocycles. The van der Waals surface area contributed by atoms with Gasteiger partial charge in [0.15, 0.2) is 0 Å². The zero-order valence-corrected chi connectivity index (χ0v) is 13.0. The Kier molecular flexibility index (Phi) is 7.99. The lowest BCUT2D eigenvalue weighted by atomic mass is 10.1. The summed E-state index contributed by atoms with van der Waals surface area (Å²) in [7, 11) is 0. The topological polar surface area (TPSA) is 87.7 Å². The van der Waals surface area contributed by atoms with Crippen molar-refractivity contribution in [2.75, 3.05) is 6.54 Å². The van der Waals surface area contributed by atoms with Crippen molar-refractivity contribution < 1.29 is 19.4 Å². The van der Waals surface area contributed by atoms with E-state index in [-0.39, 0.29) is 12.6 Å². The molecule has 0 aliphatic rings. The summed E-state index contributed by atoms with van der Waals surface area (Å²) in [5.74, 6) is -0.875. The number of carbonyl (C=O) groups excluding carboxylic acids is 1. The molecule has 1 atom stereocenters. The van der Waals surface area contributed by atoms with Gasteiger partial charge in [-0.1, -0.05) is 44.2 Å². The van der Waals surface area contributed by atoms with Crippen LogP contribution in [0.25, 0.3) is 0 Å². The monoisotopic (exact) mass is 308 g/mol. The fourth-order valence-corrected chi connectivity index (χ4v) is 1.95. The lowest BCUT2D eigenvalue weighted by Crippen LogP contribution is -2.41. The fraction of sp³-hybridized carbons (Fsp3) is 0.500. The molecule has 3 N–H and O–H groups in total. The molecule has 6 nitrogen and oxygen atoms in total. The first-order valence-electron chi connectivity index (χ1n) is 7.42. The van der Waals surface area contributed by atoms with Gasteiger partial charge in [-0.05, 0) is 18.4 Å². The highest BCUT2D eigenvalue weighted by Gasteiger charge is 2.17. The van der Waals surface area contributed by atoms with Crippen LogP contribution >= 0.6 is 0 Å². The molecule has 1 unspecified atom stereocenters. The summed E-state index contributed by atoms with van der Waals surface area (Å²) in [5.41, 5.74) is 0.921. The molecule has 0 fully saturated rings. The number of carbonyl (C=O) groups is 2. The van der Waals surface area contributed by atoms with Gasteiger partial charge in [-0.2, -0.15) is 0 Å². The van der Waals surface area contributed by atoms with Crippen molar-refractivity contribution in [2.45, 2.75) is 45.4 Å². The van der Waals surface area contributed by atoms with Crippen molar-refractivity contribution in [3.8, 4) is 0 Å². The van der Waals surface area contributed by atoms with Crippen LogP contribution in [0.15, 0.2) is 30.3 Å². The second kappa shape index (κ2) is 9.78. The Hall–Kier alpha value is -2.08. The van der Waals surface area contributed by atoms with Gasteiger partial charge < -0.3 is 20.5 Å². The van der Waals surface area contributed by atoms with Gasteiger partial charge in [-0.3, -0.25) is 4.79 Å². The van der Waals surface area contributed by atoms with Crippen molar-refractivity contribution in [3.05, 3.63) is 35.9 Å². The summed E-state index contributed by atoms with van der Waals surface area (Å²) in [6, 6.07) is 8.92. The Morgan fingerprint density at radius 3 is 2.50 bits per heavy atom. The summed E-state index contributed by atoms with van der Waals surface area (Å²) >= 11 is 0. The third-order valence-corrected chi connectivity index (χ3v) is 2.98. The average molecular weight is 308 g/mol. The van der Waals surface area contributed by atoms with Gasteiger partial charge in [0.25, 0.3) is 0 Å². The van der Waals surface area contributed by atoms with Crippen LogP contribution in [0.5, 0.6) is 0 Å². The normalized spacial score (nSPS) is 12.0. The Labute approximate surface area is 130 Å². The van der Waals surface area contributed by atoms with E-state index < -0.39 is 18.1 Å². The Bertz CT molecular complexity index is 462. The molecule has 6 heteroatoms. The molecule has 0 saturated carbocycles. The number of alkyl carbamates (subject to hydrolysis) is 1. The third-order valence-electron chi connectivity index (χ3n) is 2.98. The summed E-state index contributed by atoms with van der Waals surface area (Å²) in [5, 5.41) is 14.7. The average Bonchev–Trinajstić information content (AvgIpc) is 2.48. The second-order valence-corrected chi connectivity index (χ2v) is 5.34. The summed E-state index contributed by atoms with van der Waals surface area (Å²) in [6.07, 6.45) is 0.524. The van der Waals surface area contributed by atoms with Crippen molar-refractivity contribution in [2.24, 2.45) is 0 Å². The number of benzene rings is 1. The van der Waals surface area contributed by atoms with Crippen LogP contribution in [-0.4, -0.2) is 35.8 Å². The molecule has 0 aliphatic heterocycles. The molecule has 1 aromatic rings. The molecule has 0 aliphatic carbocycles. The van der Waals surface area contributed by atoms with Crippen LogP contribution in [0, 0.1) is 0 Å². The molecule has 122 valence electrons. The molecule has 22 heavy (non-hydrogen) atoms. The second-order valence-electron chi connectivity index (χ2n) is 5.34. The molecule has 1 rings (SSSR count). The lowest BCUT2D eigenvalue weighted by molar-refractivity contribution is -0.139. The zero-order chi connectivity index (χ0) is 16.4. The quantitative estimate of drug-likeness (QED) is 0.608. The van der Waals surface area contributed by atoms with Crippen molar-refractivity contribution in [3.63, 3.8) is 0 Å². The van der Waals surface area contributed by atoms with Crippen LogP contribution in [0.4, 0.5) is 4.79 Å². The van der Waals surface area contributed by atoms with Crippen molar-refractivity contribution in [1.82, 2.24) is 10.6 Å². The van der Waals surface area contributed by atoms with Crippen LogP contribution in [-0.2, 0) is 16.1 Å². The van der Waals surface area contributed by atoms with Gasteiger partial charge in [0.1, 0.15) is 12.6 Å². The predicted molar refractivity (Wildman–Crippen MR) is 83.6 cm³/mol. The number of rotatable bonds is 9. The smallest absolute Gasteiger partial charge is 0.407 e. The molecule has 0 bridgehead atoms. The number of nitrogens with one attached hydrogen (secondary N) is 2. The van der Waals surface area contributed by atoms with Gasteiger partial charge >= 0.3 is 12.1 Å². The van der Waals surface area contributed by atoms with E-state index in [1.54, 1.807) is 0 Å². The maximum atomic E-state index is 11.5. The van der Waals surface area contributed by atoms with Gasteiger partial charge in [0.05, 0.1) is 0 Å². The van der Waals surface area contributed by atoms with E-state index in [0.29, 0.717) is 19.4 Å². The number of ether oxygens (including phenoxy) is 1.